The van der Waals surface area contributed by atoms with Gasteiger partial charge in [0.2, 0.25) is 0 Å². The van der Waals surface area contributed by atoms with Gasteiger partial charge in [0.15, 0.2) is 0 Å². The fourth-order valence-electron chi connectivity index (χ4n) is 5.09. The summed E-state index contributed by atoms with van der Waals surface area (Å²) >= 11 is -1.09. The minimum absolute atomic E-state index is 0.365. The summed E-state index contributed by atoms with van der Waals surface area (Å²) in [6.45, 7) is 16.8. The molecule has 0 amide bonds. The summed E-state index contributed by atoms with van der Waals surface area (Å²) in [6.07, 6.45) is 2.43. The Kier molecular flexibility index (Phi) is 5.19. The van der Waals surface area contributed by atoms with E-state index in [1.165, 1.54) is 23.6 Å². The fourth-order valence-corrected chi connectivity index (χ4v) is 12.8. The Bertz CT molecular complexity index is 1040. The first kappa shape index (κ1) is 20.1. The molecule has 144 valence electrons. The molecule has 0 aliphatic heterocycles. The van der Waals surface area contributed by atoms with E-state index in [2.05, 4.69) is 84.9 Å². The molecule has 28 heavy (non-hydrogen) atoms. The van der Waals surface area contributed by atoms with Gasteiger partial charge in [-0.15, -0.1) is 0 Å². The van der Waals surface area contributed by atoms with Crippen LogP contribution < -0.4 is 0 Å². The van der Waals surface area contributed by atoms with Gasteiger partial charge in [-0.3, -0.25) is 0 Å². The fraction of sp³-hybridized carbons (Fsp3) is 0.407. The van der Waals surface area contributed by atoms with E-state index in [0.717, 1.165) is 0 Å². The number of hydrogen-bond donors (Lipinski definition) is 0. The maximum atomic E-state index is 2.56. The van der Waals surface area contributed by atoms with Gasteiger partial charge in [-0.05, 0) is 0 Å². The molecule has 0 radical (unpaired) electrons. The van der Waals surface area contributed by atoms with Crippen molar-refractivity contribution in [2.45, 2.75) is 64.5 Å². The number of benzene rings is 2. The zero-order valence-corrected chi connectivity index (χ0v) is 22.0. The number of fused-ring (bicyclic) bond motifs is 2. The molecule has 1 heteroatoms. The van der Waals surface area contributed by atoms with Crippen molar-refractivity contribution in [2.75, 3.05) is 0 Å². The van der Waals surface area contributed by atoms with Crippen LogP contribution in [-0.2, 0) is 29.3 Å². The third kappa shape index (κ3) is 2.96. The second-order valence-corrected chi connectivity index (χ2v) is 15.6. The van der Waals surface area contributed by atoms with Crippen LogP contribution in [0.1, 0.15) is 66.0 Å². The summed E-state index contributed by atoms with van der Waals surface area (Å²) in [7, 11) is 0. The molecular formula is C27H32Hf. The van der Waals surface area contributed by atoms with E-state index in [9.17, 15) is 0 Å². The maximum absolute atomic E-state index is 2.56. The molecule has 0 nitrogen and oxygen atoms in total. The summed E-state index contributed by atoms with van der Waals surface area (Å²) in [5, 5.41) is 2.79. The molecule has 1 unspecified atom stereocenters. The van der Waals surface area contributed by atoms with Crippen LogP contribution in [0, 0.1) is 5.92 Å². The van der Waals surface area contributed by atoms with E-state index in [-0.39, 0.29) is 0 Å². The van der Waals surface area contributed by atoms with E-state index in [0.29, 0.717) is 9.09 Å². The van der Waals surface area contributed by atoms with Crippen LogP contribution in [0.4, 0.5) is 0 Å². The zero-order chi connectivity index (χ0) is 20.2. The molecule has 2 aliphatic carbocycles. The van der Waals surface area contributed by atoms with Crippen molar-refractivity contribution in [2.24, 2.45) is 5.92 Å². The van der Waals surface area contributed by atoms with Gasteiger partial charge < -0.3 is 0 Å². The van der Waals surface area contributed by atoms with Gasteiger partial charge in [0.05, 0.1) is 0 Å². The Morgan fingerprint density at radius 1 is 0.964 bits per heavy atom. The second-order valence-electron chi connectivity index (χ2n) is 8.98. The SMILES string of the molecule is CCC(C)C1=[C]([Hf][C]2(C)C(C)=C(C)C(C)=C2C)Cc2cc3ccccc3cc21. The van der Waals surface area contributed by atoms with E-state index in [1.54, 1.807) is 39.0 Å². The predicted octanol–water partition coefficient (Wildman–Crippen LogP) is 8.10. The first-order chi connectivity index (χ1) is 13.3. The molecule has 2 aliphatic rings. The molecule has 0 spiro atoms. The van der Waals surface area contributed by atoms with Gasteiger partial charge in [0.1, 0.15) is 0 Å². The summed E-state index contributed by atoms with van der Waals surface area (Å²) < 4.78 is 2.23. The summed E-state index contributed by atoms with van der Waals surface area (Å²) in [6, 6.07) is 13.8. The molecule has 0 aromatic heterocycles. The van der Waals surface area contributed by atoms with Crippen LogP contribution in [0.25, 0.3) is 16.3 Å². The van der Waals surface area contributed by atoms with E-state index >= 15 is 0 Å². The molecule has 0 saturated carbocycles. The Hall–Kier alpha value is -1.21. The Morgan fingerprint density at radius 3 is 2.11 bits per heavy atom. The van der Waals surface area contributed by atoms with Crippen molar-refractivity contribution < 1.29 is 22.9 Å². The number of rotatable bonds is 4. The van der Waals surface area contributed by atoms with Crippen LogP contribution in [0.3, 0.4) is 0 Å². The quantitative estimate of drug-likeness (QED) is 0.348. The van der Waals surface area contributed by atoms with Gasteiger partial charge in [-0.25, -0.2) is 0 Å². The Morgan fingerprint density at radius 2 is 1.54 bits per heavy atom. The molecule has 0 heterocycles. The minimum atomic E-state index is -1.09. The van der Waals surface area contributed by atoms with Crippen molar-refractivity contribution in [1.29, 1.82) is 0 Å². The van der Waals surface area contributed by atoms with Crippen molar-refractivity contribution in [3.05, 3.63) is 73.1 Å². The number of hydrogen-bond acceptors (Lipinski definition) is 0. The van der Waals surface area contributed by atoms with Crippen molar-refractivity contribution in [3.8, 4) is 0 Å². The predicted molar refractivity (Wildman–Crippen MR) is 119 cm³/mol. The van der Waals surface area contributed by atoms with Crippen molar-refractivity contribution >= 4 is 16.3 Å². The van der Waals surface area contributed by atoms with Gasteiger partial charge in [0.25, 0.3) is 0 Å². The molecule has 0 fully saturated rings. The second kappa shape index (κ2) is 7.24. The van der Waals surface area contributed by atoms with Crippen molar-refractivity contribution in [3.63, 3.8) is 0 Å². The Labute approximate surface area is 182 Å². The van der Waals surface area contributed by atoms with E-state index in [4.69, 9.17) is 0 Å². The van der Waals surface area contributed by atoms with Gasteiger partial charge >= 0.3 is 183 Å². The summed E-state index contributed by atoms with van der Waals surface area (Å²) in [5.74, 6) is 0.658. The van der Waals surface area contributed by atoms with Gasteiger partial charge in [-0.2, -0.15) is 0 Å². The van der Waals surface area contributed by atoms with E-state index in [1.807, 2.05) is 3.33 Å². The van der Waals surface area contributed by atoms with Crippen LogP contribution in [0.2, 0.25) is 3.17 Å². The average Bonchev–Trinajstić information content (AvgIpc) is 3.10. The van der Waals surface area contributed by atoms with E-state index < -0.39 is 22.9 Å². The summed E-state index contributed by atoms with van der Waals surface area (Å²) in [5.41, 5.74) is 11.3. The van der Waals surface area contributed by atoms with Crippen molar-refractivity contribution in [1.82, 2.24) is 0 Å². The standard InChI is InChI=1S/C17H17.C10H15.Hf/c1-3-12(2)16-9-8-15-10-13-6-4-5-7-14(13)11-17(15)16;1-6-7(2)9(4)10(5)8(6)3;/h4-7,10-12H,3,8H2,1-2H3;1-5H3;. The molecule has 2 aromatic rings. The van der Waals surface area contributed by atoms with Gasteiger partial charge in [0, 0.05) is 0 Å². The average molecular weight is 535 g/mol. The Balaban J connectivity index is 1.84. The summed E-state index contributed by atoms with van der Waals surface area (Å²) in [4.78, 5) is 0. The topological polar surface area (TPSA) is 0 Å². The van der Waals surface area contributed by atoms with Crippen LogP contribution in [0.15, 0.2) is 62.0 Å². The molecule has 0 bridgehead atoms. The van der Waals surface area contributed by atoms with Crippen LogP contribution in [-0.4, -0.2) is 0 Å². The van der Waals surface area contributed by atoms with Gasteiger partial charge in [-0.1, -0.05) is 0 Å². The molecule has 2 aromatic carbocycles. The van der Waals surface area contributed by atoms with Crippen LogP contribution >= 0.6 is 0 Å². The third-order valence-electron chi connectivity index (χ3n) is 7.65. The normalized spacial score (nSPS) is 19.7. The molecule has 4 rings (SSSR count). The molecule has 0 saturated heterocycles. The molecule has 0 N–H and O–H groups in total. The molecule has 1 atom stereocenters. The zero-order valence-electron chi connectivity index (χ0n) is 18.5. The molecular weight excluding hydrogens is 503 g/mol. The number of allylic oxidation sites excluding steroid dienone is 6. The van der Waals surface area contributed by atoms with Crippen LogP contribution in [0.5, 0.6) is 0 Å². The third-order valence-corrected chi connectivity index (χ3v) is 14.8. The first-order valence-electron chi connectivity index (χ1n) is 10.7. The first-order valence-corrected chi connectivity index (χ1v) is 14.3. The monoisotopic (exact) mass is 536 g/mol.